The molecule has 0 aliphatic carbocycles. The standard InChI is InChI=1S/C16H16BrNOS/c1-2-18-13(10-12-7-8-16(17)20-12)15-9-11-5-3-4-6-14(11)19-15/h3-9,13,18H,2,10H2,1H3. The van der Waals surface area contributed by atoms with Gasteiger partial charge in [0.2, 0.25) is 0 Å². The van der Waals surface area contributed by atoms with Crippen LogP contribution in [0, 0.1) is 0 Å². The van der Waals surface area contributed by atoms with E-state index in [0.29, 0.717) is 0 Å². The summed E-state index contributed by atoms with van der Waals surface area (Å²) in [5.74, 6) is 1.01. The minimum atomic E-state index is 0.220. The van der Waals surface area contributed by atoms with Gasteiger partial charge in [-0.2, -0.15) is 0 Å². The molecular formula is C16H16BrNOS. The molecule has 0 saturated heterocycles. The first-order valence-corrected chi connectivity index (χ1v) is 8.33. The van der Waals surface area contributed by atoms with E-state index in [-0.39, 0.29) is 6.04 Å². The number of rotatable bonds is 5. The molecule has 1 unspecified atom stereocenters. The second kappa shape index (κ2) is 6.12. The van der Waals surface area contributed by atoms with Gasteiger partial charge in [0.15, 0.2) is 0 Å². The fourth-order valence-electron chi connectivity index (χ4n) is 2.36. The average Bonchev–Trinajstić information content (AvgIpc) is 3.04. The second-order valence-corrected chi connectivity index (χ2v) is 7.25. The molecular weight excluding hydrogens is 334 g/mol. The third-order valence-corrected chi connectivity index (χ3v) is 4.92. The summed E-state index contributed by atoms with van der Waals surface area (Å²) < 4.78 is 7.17. The first-order valence-electron chi connectivity index (χ1n) is 6.72. The van der Waals surface area contributed by atoms with E-state index in [1.807, 2.05) is 18.2 Å². The molecule has 0 aliphatic heterocycles. The summed E-state index contributed by atoms with van der Waals surface area (Å²) in [6.07, 6.45) is 0.948. The lowest BCUT2D eigenvalue weighted by atomic mass is 10.1. The van der Waals surface area contributed by atoms with Crippen LogP contribution in [0.15, 0.2) is 50.7 Å². The topological polar surface area (TPSA) is 25.2 Å². The molecule has 0 aliphatic rings. The van der Waals surface area contributed by atoms with Crippen LogP contribution in [-0.4, -0.2) is 6.54 Å². The molecule has 0 radical (unpaired) electrons. The zero-order valence-corrected chi connectivity index (χ0v) is 13.6. The molecule has 2 nitrogen and oxygen atoms in total. The molecule has 3 rings (SSSR count). The normalized spacial score (nSPS) is 12.9. The molecule has 0 spiro atoms. The van der Waals surface area contributed by atoms with Crippen molar-refractivity contribution < 1.29 is 4.42 Å². The minimum Gasteiger partial charge on any atom is -0.459 e. The van der Waals surface area contributed by atoms with Crippen molar-refractivity contribution in [1.82, 2.24) is 5.32 Å². The summed E-state index contributed by atoms with van der Waals surface area (Å²) in [6.45, 7) is 3.05. The summed E-state index contributed by atoms with van der Waals surface area (Å²) in [5.41, 5.74) is 0.956. The van der Waals surface area contributed by atoms with Gasteiger partial charge >= 0.3 is 0 Å². The lowest BCUT2D eigenvalue weighted by Gasteiger charge is -2.14. The smallest absolute Gasteiger partial charge is 0.134 e. The number of furan rings is 1. The number of hydrogen-bond acceptors (Lipinski definition) is 3. The number of para-hydroxylation sites is 1. The van der Waals surface area contributed by atoms with E-state index in [4.69, 9.17) is 4.42 Å². The van der Waals surface area contributed by atoms with Crippen LogP contribution in [0.3, 0.4) is 0 Å². The zero-order chi connectivity index (χ0) is 13.9. The van der Waals surface area contributed by atoms with Crippen LogP contribution in [0.25, 0.3) is 11.0 Å². The molecule has 0 amide bonds. The van der Waals surface area contributed by atoms with Crippen molar-refractivity contribution in [2.45, 2.75) is 19.4 Å². The van der Waals surface area contributed by atoms with Crippen LogP contribution >= 0.6 is 27.3 Å². The Morgan fingerprint density at radius 2 is 2.10 bits per heavy atom. The monoisotopic (exact) mass is 349 g/mol. The van der Waals surface area contributed by atoms with Gasteiger partial charge in [-0.05, 0) is 46.7 Å². The van der Waals surface area contributed by atoms with Crippen LogP contribution in [0.5, 0.6) is 0 Å². The number of hydrogen-bond donors (Lipinski definition) is 1. The highest BCUT2D eigenvalue weighted by Crippen LogP contribution is 2.29. The summed E-state index contributed by atoms with van der Waals surface area (Å²) in [5, 5.41) is 4.68. The summed E-state index contributed by atoms with van der Waals surface area (Å²) in [6, 6.07) is 14.8. The van der Waals surface area contributed by atoms with Crippen molar-refractivity contribution in [2.75, 3.05) is 6.54 Å². The van der Waals surface area contributed by atoms with Gasteiger partial charge in [-0.3, -0.25) is 0 Å². The van der Waals surface area contributed by atoms with Crippen molar-refractivity contribution >= 4 is 38.2 Å². The third kappa shape index (κ3) is 2.97. The molecule has 0 fully saturated rings. The van der Waals surface area contributed by atoms with E-state index in [9.17, 15) is 0 Å². The maximum absolute atomic E-state index is 5.99. The van der Waals surface area contributed by atoms with E-state index in [1.54, 1.807) is 11.3 Å². The molecule has 0 bridgehead atoms. The average molecular weight is 350 g/mol. The van der Waals surface area contributed by atoms with Crippen LogP contribution in [-0.2, 0) is 6.42 Å². The summed E-state index contributed by atoms with van der Waals surface area (Å²) in [4.78, 5) is 1.35. The predicted octanol–water partition coefficient (Wildman–Crippen LogP) is 5.15. The lowest BCUT2D eigenvalue weighted by Crippen LogP contribution is -2.22. The Balaban J connectivity index is 1.89. The number of halogens is 1. The maximum Gasteiger partial charge on any atom is 0.134 e. The molecule has 0 saturated carbocycles. The number of fused-ring (bicyclic) bond motifs is 1. The Kier molecular flexibility index (Phi) is 4.24. The quantitative estimate of drug-likeness (QED) is 0.688. The SMILES string of the molecule is CCNC(Cc1ccc(Br)s1)c1cc2ccccc2o1. The summed E-state index contributed by atoms with van der Waals surface area (Å²) >= 11 is 5.30. The first-order chi connectivity index (χ1) is 9.76. The molecule has 1 atom stereocenters. The Morgan fingerprint density at radius 3 is 2.80 bits per heavy atom. The van der Waals surface area contributed by atoms with Crippen molar-refractivity contribution in [3.05, 3.63) is 56.9 Å². The molecule has 104 valence electrons. The van der Waals surface area contributed by atoms with Crippen LogP contribution in [0.1, 0.15) is 23.6 Å². The molecule has 2 heterocycles. The van der Waals surface area contributed by atoms with Crippen molar-refractivity contribution in [3.63, 3.8) is 0 Å². The minimum absolute atomic E-state index is 0.220. The van der Waals surface area contributed by atoms with Crippen molar-refractivity contribution in [2.24, 2.45) is 0 Å². The van der Waals surface area contributed by atoms with Gasteiger partial charge < -0.3 is 9.73 Å². The van der Waals surface area contributed by atoms with Gasteiger partial charge in [-0.1, -0.05) is 25.1 Å². The second-order valence-electron chi connectivity index (χ2n) is 4.71. The molecule has 3 aromatic rings. The highest BCUT2D eigenvalue weighted by Gasteiger charge is 2.16. The van der Waals surface area contributed by atoms with E-state index in [0.717, 1.165) is 29.7 Å². The first kappa shape index (κ1) is 13.9. The zero-order valence-electron chi connectivity index (χ0n) is 11.2. The Bertz CT molecular complexity index is 670. The molecule has 1 N–H and O–H groups in total. The highest BCUT2D eigenvalue weighted by molar-refractivity contribution is 9.11. The van der Waals surface area contributed by atoms with E-state index < -0.39 is 0 Å². The van der Waals surface area contributed by atoms with Gasteiger partial charge in [0, 0.05) is 16.7 Å². The lowest BCUT2D eigenvalue weighted by molar-refractivity contribution is 0.436. The Hall–Kier alpha value is -1.10. The van der Waals surface area contributed by atoms with Gasteiger partial charge in [0.05, 0.1) is 9.83 Å². The van der Waals surface area contributed by atoms with Crippen molar-refractivity contribution in [3.8, 4) is 0 Å². The van der Waals surface area contributed by atoms with E-state index in [2.05, 4.69) is 52.4 Å². The molecule has 2 aromatic heterocycles. The van der Waals surface area contributed by atoms with Crippen LogP contribution < -0.4 is 5.32 Å². The highest BCUT2D eigenvalue weighted by atomic mass is 79.9. The fraction of sp³-hybridized carbons (Fsp3) is 0.250. The third-order valence-electron chi connectivity index (χ3n) is 3.27. The summed E-state index contributed by atoms with van der Waals surface area (Å²) in [7, 11) is 0. The number of benzene rings is 1. The number of thiophene rings is 1. The fourth-order valence-corrected chi connectivity index (χ4v) is 3.89. The van der Waals surface area contributed by atoms with Crippen molar-refractivity contribution in [1.29, 1.82) is 0 Å². The van der Waals surface area contributed by atoms with Crippen LogP contribution in [0.2, 0.25) is 0 Å². The Morgan fingerprint density at radius 1 is 1.25 bits per heavy atom. The predicted molar refractivity (Wildman–Crippen MR) is 88.4 cm³/mol. The van der Waals surface area contributed by atoms with E-state index >= 15 is 0 Å². The maximum atomic E-state index is 5.99. The molecule has 20 heavy (non-hydrogen) atoms. The number of likely N-dealkylation sites (N-methyl/N-ethyl adjacent to an activating group) is 1. The van der Waals surface area contributed by atoms with Crippen LogP contribution in [0.4, 0.5) is 0 Å². The number of nitrogens with one attached hydrogen (secondary N) is 1. The van der Waals surface area contributed by atoms with Gasteiger partial charge in [-0.25, -0.2) is 0 Å². The Labute approximate surface area is 130 Å². The van der Waals surface area contributed by atoms with Gasteiger partial charge in [-0.15, -0.1) is 11.3 Å². The molecule has 4 heteroatoms. The van der Waals surface area contributed by atoms with Gasteiger partial charge in [0.25, 0.3) is 0 Å². The van der Waals surface area contributed by atoms with Gasteiger partial charge in [0.1, 0.15) is 11.3 Å². The molecule has 1 aromatic carbocycles. The van der Waals surface area contributed by atoms with E-state index in [1.165, 1.54) is 8.66 Å². The largest absolute Gasteiger partial charge is 0.459 e.